The SMILES string of the molecule is Cc1ccc(C2=C(N(C)C3CCN(C)CC3)C(=O)N(c3ccccc3F)C2=O)cc1. The summed E-state index contributed by atoms with van der Waals surface area (Å²) in [7, 11) is 3.95. The number of carbonyl (C=O) groups is 2. The van der Waals surface area contributed by atoms with Crippen LogP contribution in [-0.2, 0) is 9.59 Å². The molecule has 4 rings (SSSR count). The van der Waals surface area contributed by atoms with E-state index in [1.54, 1.807) is 12.1 Å². The van der Waals surface area contributed by atoms with Gasteiger partial charge in [0.05, 0.1) is 11.3 Å². The Kier molecular flexibility index (Phi) is 5.43. The first-order chi connectivity index (χ1) is 14.4. The maximum atomic E-state index is 14.5. The molecule has 0 spiro atoms. The monoisotopic (exact) mass is 407 g/mol. The molecule has 156 valence electrons. The topological polar surface area (TPSA) is 43.9 Å². The van der Waals surface area contributed by atoms with Gasteiger partial charge in [0, 0.05) is 13.1 Å². The highest BCUT2D eigenvalue weighted by Gasteiger charge is 2.44. The van der Waals surface area contributed by atoms with Gasteiger partial charge in [-0.05, 0) is 57.6 Å². The third kappa shape index (κ3) is 3.52. The molecule has 2 aliphatic heterocycles. The molecule has 0 unspecified atom stereocenters. The van der Waals surface area contributed by atoms with Crippen LogP contribution in [0.15, 0.2) is 54.2 Å². The third-order valence-electron chi connectivity index (χ3n) is 6.08. The standard InChI is InChI=1S/C24H26FN3O2/c1-16-8-10-17(11-9-16)21-22(27(3)18-12-14-26(2)15-13-18)24(30)28(23(21)29)20-7-5-4-6-19(20)25/h4-11,18H,12-15H2,1-3H3. The maximum Gasteiger partial charge on any atom is 0.282 e. The Morgan fingerprint density at radius 3 is 2.23 bits per heavy atom. The number of rotatable bonds is 4. The largest absolute Gasteiger partial charge is 0.366 e. The summed E-state index contributed by atoms with van der Waals surface area (Å²) in [5, 5.41) is 0. The first-order valence-electron chi connectivity index (χ1n) is 10.2. The van der Waals surface area contributed by atoms with Crippen LogP contribution in [0, 0.1) is 12.7 Å². The minimum absolute atomic E-state index is 0.0103. The van der Waals surface area contributed by atoms with Crippen molar-refractivity contribution in [2.75, 3.05) is 32.1 Å². The molecular formula is C24H26FN3O2. The summed E-state index contributed by atoms with van der Waals surface area (Å²) < 4.78 is 14.5. The highest BCUT2D eigenvalue weighted by atomic mass is 19.1. The molecule has 1 fully saturated rings. The number of amides is 2. The van der Waals surface area contributed by atoms with Gasteiger partial charge in [-0.1, -0.05) is 42.0 Å². The zero-order valence-corrected chi connectivity index (χ0v) is 17.6. The van der Waals surface area contributed by atoms with E-state index in [0.29, 0.717) is 16.8 Å². The lowest BCUT2D eigenvalue weighted by Crippen LogP contribution is -2.43. The number of aryl methyl sites for hydroxylation is 1. The second-order valence-electron chi connectivity index (χ2n) is 8.13. The molecule has 2 aromatic carbocycles. The minimum Gasteiger partial charge on any atom is -0.366 e. The van der Waals surface area contributed by atoms with Crippen molar-refractivity contribution >= 4 is 23.1 Å². The smallest absolute Gasteiger partial charge is 0.282 e. The Labute approximate surface area is 176 Å². The summed E-state index contributed by atoms with van der Waals surface area (Å²) in [5.74, 6) is -1.54. The molecule has 5 nitrogen and oxygen atoms in total. The molecule has 2 aliphatic rings. The van der Waals surface area contributed by atoms with Crippen molar-refractivity contribution in [2.24, 2.45) is 0 Å². The van der Waals surface area contributed by atoms with E-state index in [1.807, 2.05) is 43.1 Å². The predicted molar refractivity (Wildman–Crippen MR) is 115 cm³/mol. The molecule has 1 saturated heterocycles. The second-order valence-corrected chi connectivity index (χ2v) is 8.13. The van der Waals surface area contributed by atoms with Crippen molar-refractivity contribution in [1.29, 1.82) is 0 Å². The van der Waals surface area contributed by atoms with Gasteiger partial charge in [-0.25, -0.2) is 9.29 Å². The van der Waals surface area contributed by atoms with Crippen LogP contribution in [0.25, 0.3) is 5.57 Å². The van der Waals surface area contributed by atoms with E-state index in [9.17, 15) is 14.0 Å². The first-order valence-corrected chi connectivity index (χ1v) is 10.2. The van der Waals surface area contributed by atoms with Crippen LogP contribution in [0.4, 0.5) is 10.1 Å². The van der Waals surface area contributed by atoms with Gasteiger partial charge in [0.15, 0.2) is 0 Å². The maximum absolute atomic E-state index is 14.5. The molecule has 2 amide bonds. The van der Waals surface area contributed by atoms with Crippen molar-refractivity contribution in [1.82, 2.24) is 9.80 Å². The summed E-state index contributed by atoms with van der Waals surface area (Å²) >= 11 is 0. The molecule has 2 heterocycles. The number of imide groups is 1. The number of benzene rings is 2. The fourth-order valence-corrected chi connectivity index (χ4v) is 4.24. The molecule has 6 heteroatoms. The van der Waals surface area contributed by atoms with Crippen LogP contribution in [0.3, 0.4) is 0 Å². The van der Waals surface area contributed by atoms with E-state index >= 15 is 0 Å². The van der Waals surface area contributed by atoms with Gasteiger partial charge in [0.25, 0.3) is 11.8 Å². The highest BCUT2D eigenvalue weighted by molar-refractivity contribution is 6.45. The lowest BCUT2D eigenvalue weighted by atomic mass is 9.99. The lowest BCUT2D eigenvalue weighted by Gasteiger charge is -2.36. The van der Waals surface area contributed by atoms with E-state index in [4.69, 9.17) is 0 Å². The predicted octanol–water partition coefficient (Wildman–Crippen LogP) is 3.44. The Morgan fingerprint density at radius 1 is 0.967 bits per heavy atom. The second kappa shape index (κ2) is 8.03. The quantitative estimate of drug-likeness (QED) is 0.729. The number of hydrogen-bond donors (Lipinski definition) is 0. The van der Waals surface area contributed by atoms with Gasteiger partial charge in [-0.2, -0.15) is 0 Å². The molecule has 30 heavy (non-hydrogen) atoms. The molecule has 0 aliphatic carbocycles. The number of hydrogen-bond acceptors (Lipinski definition) is 4. The molecular weight excluding hydrogens is 381 g/mol. The zero-order chi connectivity index (χ0) is 21.4. The van der Waals surface area contributed by atoms with E-state index in [2.05, 4.69) is 11.9 Å². The lowest BCUT2D eigenvalue weighted by molar-refractivity contribution is -0.120. The Hall–Kier alpha value is -2.99. The van der Waals surface area contributed by atoms with Crippen LogP contribution in [0.2, 0.25) is 0 Å². The number of anilines is 1. The summed E-state index contributed by atoms with van der Waals surface area (Å²) in [6.45, 7) is 3.83. The van der Waals surface area contributed by atoms with Crippen molar-refractivity contribution < 1.29 is 14.0 Å². The summed E-state index contributed by atoms with van der Waals surface area (Å²) in [4.78, 5) is 32.1. The van der Waals surface area contributed by atoms with Crippen LogP contribution < -0.4 is 4.90 Å². The minimum atomic E-state index is -0.592. The Bertz CT molecular complexity index is 1010. The number of piperidine rings is 1. The Balaban J connectivity index is 1.80. The van der Waals surface area contributed by atoms with Crippen molar-refractivity contribution in [3.05, 3.63) is 71.2 Å². The molecule has 0 atom stereocenters. The third-order valence-corrected chi connectivity index (χ3v) is 6.08. The van der Waals surface area contributed by atoms with E-state index in [0.717, 1.165) is 36.4 Å². The number of para-hydroxylation sites is 1. The van der Waals surface area contributed by atoms with Gasteiger partial charge < -0.3 is 9.80 Å². The molecule has 0 saturated carbocycles. The van der Waals surface area contributed by atoms with Crippen LogP contribution >= 0.6 is 0 Å². The van der Waals surface area contributed by atoms with Crippen LogP contribution in [-0.4, -0.2) is 54.8 Å². The molecule has 2 aromatic rings. The zero-order valence-electron chi connectivity index (χ0n) is 17.6. The van der Waals surface area contributed by atoms with E-state index < -0.39 is 17.6 Å². The number of carbonyl (C=O) groups excluding carboxylic acids is 2. The van der Waals surface area contributed by atoms with E-state index in [1.165, 1.54) is 12.1 Å². The number of likely N-dealkylation sites (tertiary alicyclic amines) is 1. The molecule has 0 N–H and O–H groups in total. The van der Waals surface area contributed by atoms with Gasteiger partial charge in [0.2, 0.25) is 0 Å². The number of nitrogens with zero attached hydrogens (tertiary/aromatic N) is 3. The molecule has 0 aromatic heterocycles. The molecule has 0 bridgehead atoms. The summed E-state index contributed by atoms with van der Waals surface area (Å²) in [5.41, 5.74) is 2.41. The summed E-state index contributed by atoms with van der Waals surface area (Å²) in [6, 6.07) is 13.6. The number of halogens is 1. The first kappa shape index (κ1) is 20.3. The average molecular weight is 407 g/mol. The van der Waals surface area contributed by atoms with E-state index in [-0.39, 0.29) is 11.7 Å². The van der Waals surface area contributed by atoms with Crippen LogP contribution in [0.5, 0.6) is 0 Å². The van der Waals surface area contributed by atoms with Crippen molar-refractivity contribution in [3.8, 4) is 0 Å². The van der Waals surface area contributed by atoms with Gasteiger partial charge in [-0.3, -0.25) is 9.59 Å². The highest BCUT2D eigenvalue weighted by Crippen LogP contribution is 2.37. The van der Waals surface area contributed by atoms with Crippen molar-refractivity contribution in [3.63, 3.8) is 0 Å². The molecule has 0 radical (unpaired) electrons. The summed E-state index contributed by atoms with van der Waals surface area (Å²) in [6.07, 6.45) is 1.80. The average Bonchev–Trinajstić information content (AvgIpc) is 2.99. The normalized spacial score (nSPS) is 18.5. The number of likely N-dealkylation sites (N-methyl/N-ethyl adjacent to an activating group) is 1. The van der Waals surface area contributed by atoms with Crippen molar-refractivity contribution in [2.45, 2.75) is 25.8 Å². The fraction of sp³-hybridized carbons (Fsp3) is 0.333. The fourth-order valence-electron chi connectivity index (χ4n) is 4.24. The van der Waals surface area contributed by atoms with Crippen LogP contribution in [0.1, 0.15) is 24.0 Å². The van der Waals surface area contributed by atoms with Gasteiger partial charge >= 0.3 is 0 Å². The van der Waals surface area contributed by atoms with Gasteiger partial charge in [-0.15, -0.1) is 0 Å². The Morgan fingerprint density at radius 2 is 1.60 bits per heavy atom. The van der Waals surface area contributed by atoms with Gasteiger partial charge in [0.1, 0.15) is 11.5 Å².